The molecule has 0 aromatic heterocycles. The molecule has 0 heterocycles. The maximum atomic E-state index is 12.5. The number of hydrogen-bond acceptors (Lipinski definition) is 2. The lowest BCUT2D eigenvalue weighted by Crippen LogP contribution is -2.35. The minimum absolute atomic E-state index is 0.0208. The molecule has 1 amide bonds. The van der Waals surface area contributed by atoms with Gasteiger partial charge in [0.15, 0.2) is 0 Å². The summed E-state index contributed by atoms with van der Waals surface area (Å²) in [4.78, 5) is 12.5. The van der Waals surface area contributed by atoms with Crippen LogP contribution in [0.2, 0.25) is 5.02 Å². The molecule has 3 nitrogen and oxygen atoms in total. The van der Waals surface area contributed by atoms with Crippen molar-refractivity contribution in [3.8, 4) is 5.75 Å². The molecule has 25 heavy (non-hydrogen) atoms. The zero-order valence-electron chi connectivity index (χ0n) is 13.5. The van der Waals surface area contributed by atoms with Gasteiger partial charge in [-0.05, 0) is 54.7 Å². The number of benzene rings is 2. The highest BCUT2D eigenvalue weighted by atomic mass is 35.5. The van der Waals surface area contributed by atoms with E-state index in [0.717, 1.165) is 24.0 Å². The summed E-state index contributed by atoms with van der Waals surface area (Å²) in [6.45, 7) is -2.34. The lowest BCUT2D eigenvalue weighted by Gasteiger charge is -2.16. The number of nitrogens with one attached hydrogen (secondary N) is 1. The zero-order valence-corrected chi connectivity index (χ0v) is 14.2. The average molecular weight is 366 g/mol. The Balaban J connectivity index is 1.52. The molecule has 1 aliphatic carbocycles. The van der Waals surface area contributed by atoms with Gasteiger partial charge in [0.25, 0.3) is 0 Å². The molecule has 1 N–H and O–H groups in total. The topological polar surface area (TPSA) is 38.3 Å². The van der Waals surface area contributed by atoms with E-state index in [1.54, 1.807) is 24.3 Å². The number of alkyl halides is 2. The molecule has 6 heteroatoms. The van der Waals surface area contributed by atoms with Crippen LogP contribution in [0, 0.1) is 0 Å². The van der Waals surface area contributed by atoms with Gasteiger partial charge in [-0.2, -0.15) is 8.78 Å². The number of amides is 1. The smallest absolute Gasteiger partial charge is 0.387 e. The van der Waals surface area contributed by atoms with E-state index in [1.165, 1.54) is 12.1 Å². The molecule has 0 radical (unpaired) electrons. The zero-order chi connectivity index (χ0) is 17.9. The van der Waals surface area contributed by atoms with Gasteiger partial charge in [0, 0.05) is 11.6 Å². The van der Waals surface area contributed by atoms with Crippen LogP contribution in [0.4, 0.5) is 8.78 Å². The molecule has 1 aliphatic rings. The predicted octanol–water partition coefficient (Wildman–Crippen LogP) is 4.33. The number of halogens is 3. The molecule has 3 rings (SSSR count). The van der Waals surface area contributed by atoms with E-state index >= 15 is 0 Å². The molecule has 0 saturated heterocycles. The normalized spacial score (nSPS) is 15.0. The largest absolute Gasteiger partial charge is 0.435 e. The van der Waals surface area contributed by atoms with Crippen molar-refractivity contribution in [2.75, 3.05) is 6.54 Å². The van der Waals surface area contributed by atoms with Crippen LogP contribution in [0.15, 0.2) is 48.5 Å². The molecule has 132 valence electrons. The summed E-state index contributed by atoms with van der Waals surface area (Å²) in [6.07, 6.45) is 2.29. The van der Waals surface area contributed by atoms with Crippen molar-refractivity contribution in [1.29, 1.82) is 0 Å². The maximum absolute atomic E-state index is 12.5. The highest BCUT2D eigenvalue weighted by Crippen LogP contribution is 2.48. The second-order valence-electron chi connectivity index (χ2n) is 6.12. The molecule has 0 aliphatic heterocycles. The van der Waals surface area contributed by atoms with Gasteiger partial charge in [-0.25, -0.2) is 0 Å². The standard InChI is InChI=1S/C19H18ClF2NO2/c20-15-5-3-14(4-6-15)19(10-11-19)17(24)23-12-9-13-1-7-16(8-2-13)25-18(21)22/h1-8,18H,9-12H2,(H,23,24). The van der Waals surface area contributed by atoms with Crippen LogP contribution in [0.3, 0.4) is 0 Å². The minimum Gasteiger partial charge on any atom is -0.435 e. The number of carbonyl (C=O) groups excluding carboxylic acids is 1. The van der Waals surface area contributed by atoms with Crippen molar-refractivity contribution in [2.45, 2.75) is 31.3 Å². The first-order valence-electron chi connectivity index (χ1n) is 8.08. The summed E-state index contributed by atoms with van der Waals surface area (Å²) in [5, 5.41) is 3.62. The molecule has 1 fully saturated rings. The van der Waals surface area contributed by atoms with Crippen molar-refractivity contribution in [1.82, 2.24) is 5.32 Å². The average Bonchev–Trinajstić information content (AvgIpc) is 3.38. The van der Waals surface area contributed by atoms with Gasteiger partial charge in [0.1, 0.15) is 5.75 Å². The van der Waals surface area contributed by atoms with Gasteiger partial charge in [-0.3, -0.25) is 4.79 Å². The molecule has 1 saturated carbocycles. The van der Waals surface area contributed by atoms with Crippen LogP contribution in [0.1, 0.15) is 24.0 Å². The Morgan fingerprint density at radius 3 is 2.32 bits per heavy atom. The fourth-order valence-corrected chi connectivity index (χ4v) is 2.99. The van der Waals surface area contributed by atoms with E-state index in [4.69, 9.17) is 11.6 Å². The Kier molecular flexibility index (Phi) is 5.23. The van der Waals surface area contributed by atoms with Crippen LogP contribution < -0.4 is 10.1 Å². The third-order valence-corrected chi connectivity index (χ3v) is 4.68. The summed E-state index contributed by atoms with van der Waals surface area (Å²) in [5.41, 5.74) is 1.50. The van der Waals surface area contributed by atoms with Crippen LogP contribution in [-0.4, -0.2) is 19.1 Å². The van der Waals surface area contributed by atoms with Crippen LogP contribution >= 0.6 is 11.6 Å². The Labute approximate surface area is 149 Å². The minimum atomic E-state index is -2.83. The van der Waals surface area contributed by atoms with Gasteiger partial charge in [0.2, 0.25) is 5.91 Å². The van der Waals surface area contributed by atoms with Crippen LogP contribution in [0.25, 0.3) is 0 Å². The Morgan fingerprint density at radius 2 is 1.76 bits per heavy atom. The Hall–Kier alpha value is -2.14. The lowest BCUT2D eigenvalue weighted by atomic mass is 9.95. The monoisotopic (exact) mass is 365 g/mol. The molecular weight excluding hydrogens is 348 g/mol. The van der Waals surface area contributed by atoms with Crippen molar-refractivity contribution >= 4 is 17.5 Å². The number of carbonyl (C=O) groups is 1. The van der Waals surface area contributed by atoms with Crippen LogP contribution in [0.5, 0.6) is 5.75 Å². The summed E-state index contributed by atoms with van der Waals surface area (Å²) >= 11 is 5.90. The Bertz CT molecular complexity index is 728. The first-order chi connectivity index (χ1) is 12.0. The van der Waals surface area contributed by atoms with E-state index in [0.29, 0.717) is 18.0 Å². The Morgan fingerprint density at radius 1 is 1.12 bits per heavy atom. The van der Waals surface area contributed by atoms with Gasteiger partial charge in [-0.15, -0.1) is 0 Å². The van der Waals surface area contributed by atoms with E-state index in [1.807, 2.05) is 12.1 Å². The van der Waals surface area contributed by atoms with Crippen molar-refractivity contribution in [3.05, 3.63) is 64.7 Å². The quantitative estimate of drug-likeness (QED) is 0.793. The molecule has 0 spiro atoms. The predicted molar refractivity (Wildman–Crippen MR) is 92.2 cm³/mol. The van der Waals surface area contributed by atoms with Crippen molar-refractivity contribution < 1.29 is 18.3 Å². The first-order valence-corrected chi connectivity index (χ1v) is 8.45. The summed E-state index contributed by atoms with van der Waals surface area (Å²) < 4.78 is 28.5. The first kappa shape index (κ1) is 17.7. The summed E-state index contributed by atoms with van der Waals surface area (Å²) in [6, 6.07) is 13.8. The van der Waals surface area contributed by atoms with E-state index in [2.05, 4.69) is 10.1 Å². The highest BCUT2D eigenvalue weighted by Gasteiger charge is 2.50. The van der Waals surface area contributed by atoms with E-state index < -0.39 is 12.0 Å². The van der Waals surface area contributed by atoms with Crippen molar-refractivity contribution in [2.24, 2.45) is 0 Å². The summed E-state index contributed by atoms with van der Waals surface area (Å²) in [7, 11) is 0. The summed E-state index contributed by atoms with van der Waals surface area (Å²) in [5.74, 6) is 0.148. The molecular formula is C19H18ClF2NO2. The van der Waals surface area contributed by atoms with Gasteiger partial charge >= 0.3 is 6.61 Å². The van der Waals surface area contributed by atoms with Crippen LogP contribution in [-0.2, 0) is 16.6 Å². The van der Waals surface area contributed by atoms with E-state index in [-0.39, 0.29) is 11.7 Å². The maximum Gasteiger partial charge on any atom is 0.387 e. The highest BCUT2D eigenvalue weighted by molar-refractivity contribution is 6.30. The molecule has 2 aromatic carbocycles. The number of hydrogen-bond donors (Lipinski definition) is 1. The second-order valence-corrected chi connectivity index (χ2v) is 6.55. The van der Waals surface area contributed by atoms with Gasteiger partial charge < -0.3 is 10.1 Å². The SMILES string of the molecule is O=C(NCCc1ccc(OC(F)F)cc1)C1(c2ccc(Cl)cc2)CC1. The fourth-order valence-electron chi connectivity index (χ4n) is 2.87. The van der Waals surface area contributed by atoms with E-state index in [9.17, 15) is 13.6 Å². The third kappa shape index (κ3) is 4.28. The second kappa shape index (κ2) is 7.40. The lowest BCUT2D eigenvalue weighted by molar-refractivity contribution is -0.123. The molecule has 2 aromatic rings. The van der Waals surface area contributed by atoms with Gasteiger partial charge in [-0.1, -0.05) is 35.9 Å². The number of rotatable bonds is 7. The van der Waals surface area contributed by atoms with Gasteiger partial charge in [0.05, 0.1) is 5.41 Å². The molecule has 0 unspecified atom stereocenters. The molecule has 0 atom stereocenters. The third-order valence-electron chi connectivity index (χ3n) is 4.43. The molecule has 0 bridgehead atoms. The number of ether oxygens (including phenoxy) is 1. The van der Waals surface area contributed by atoms with Crippen molar-refractivity contribution in [3.63, 3.8) is 0 Å². The fraction of sp³-hybridized carbons (Fsp3) is 0.316.